The van der Waals surface area contributed by atoms with Gasteiger partial charge in [-0.25, -0.2) is 0 Å². The Morgan fingerprint density at radius 3 is 1.00 bits per heavy atom. The Morgan fingerprint density at radius 1 is 0.500 bits per heavy atom. The molecule has 0 unspecified atom stereocenters. The highest BCUT2D eigenvalue weighted by atomic mass is 16.5. The standard InChI is InChI=1S/C8H18O5.CH4O2/c9-1-3-11-5-7-13-8-6-12-4-2-10;2-1-3/h9-10H,1-8H2;2-3H,1H2. The lowest BCUT2D eigenvalue weighted by atomic mass is 10.7. The SMILES string of the molecule is OCCOCCOCCOCCO.OCO. The highest BCUT2D eigenvalue weighted by molar-refractivity contribution is 4.33. The van der Waals surface area contributed by atoms with Crippen molar-refractivity contribution in [1.29, 1.82) is 0 Å². The van der Waals surface area contributed by atoms with Gasteiger partial charge in [0.15, 0.2) is 0 Å². The van der Waals surface area contributed by atoms with Gasteiger partial charge < -0.3 is 34.6 Å². The zero-order valence-corrected chi connectivity index (χ0v) is 9.38. The van der Waals surface area contributed by atoms with Crippen LogP contribution in [-0.4, -0.2) is 80.1 Å². The molecule has 0 amide bonds. The van der Waals surface area contributed by atoms with Crippen LogP contribution < -0.4 is 0 Å². The molecule has 0 aromatic heterocycles. The Balaban J connectivity index is 0. The average molecular weight is 242 g/mol. The van der Waals surface area contributed by atoms with Gasteiger partial charge in [-0.2, -0.15) is 0 Å². The molecule has 0 radical (unpaired) electrons. The molecule has 0 heterocycles. The maximum Gasteiger partial charge on any atom is 0.140 e. The molecule has 0 saturated carbocycles. The van der Waals surface area contributed by atoms with Gasteiger partial charge in [0.2, 0.25) is 0 Å². The van der Waals surface area contributed by atoms with E-state index in [0.717, 1.165) is 0 Å². The van der Waals surface area contributed by atoms with Crippen LogP contribution in [0.3, 0.4) is 0 Å². The smallest absolute Gasteiger partial charge is 0.140 e. The van der Waals surface area contributed by atoms with Crippen molar-refractivity contribution in [1.82, 2.24) is 0 Å². The second-order valence-electron chi connectivity index (χ2n) is 2.43. The first-order chi connectivity index (χ1) is 7.83. The zero-order chi connectivity index (χ0) is 12.5. The fourth-order valence-electron chi connectivity index (χ4n) is 0.671. The predicted molar refractivity (Wildman–Crippen MR) is 55.9 cm³/mol. The molecule has 4 N–H and O–H groups in total. The monoisotopic (exact) mass is 242 g/mol. The van der Waals surface area contributed by atoms with Crippen LogP contribution in [0.5, 0.6) is 0 Å². The molecule has 0 fully saturated rings. The Kier molecular flexibility index (Phi) is 22.8. The maximum absolute atomic E-state index is 8.36. The van der Waals surface area contributed by atoms with E-state index in [1.807, 2.05) is 0 Å². The third-order valence-corrected chi connectivity index (χ3v) is 1.22. The van der Waals surface area contributed by atoms with Crippen molar-refractivity contribution in [3.63, 3.8) is 0 Å². The van der Waals surface area contributed by atoms with Gasteiger partial charge in [0.05, 0.1) is 52.9 Å². The molecule has 0 saturated heterocycles. The van der Waals surface area contributed by atoms with Crippen LogP contribution in [0.2, 0.25) is 0 Å². The van der Waals surface area contributed by atoms with E-state index in [9.17, 15) is 0 Å². The summed E-state index contributed by atoms with van der Waals surface area (Å²) in [5, 5.41) is 31.0. The summed E-state index contributed by atoms with van der Waals surface area (Å²) in [6.07, 6.45) is 0. The Bertz CT molecular complexity index is 91.9. The summed E-state index contributed by atoms with van der Waals surface area (Å²) >= 11 is 0. The molecule has 0 atom stereocenters. The number of rotatable bonds is 10. The van der Waals surface area contributed by atoms with Crippen molar-refractivity contribution in [3.8, 4) is 0 Å². The van der Waals surface area contributed by atoms with E-state index in [1.54, 1.807) is 0 Å². The fourth-order valence-corrected chi connectivity index (χ4v) is 0.671. The van der Waals surface area contributed by atoms with Crippen LogP contribution in [0.15, 0.2) is 0 Å². The summed E-state index contributed by atoms with van der Waals surface area (Å²) in [4.78, 5) is 0. The van der Waals surface area contributed by atoms with Gasteiger partial charge in [0.25, 0.3) is 0 Å². The molecule has 0 aromatic carbocycles. The number of ether oxygens (including phenoxy) is 3. The fraction of sp³-hybridized carbons (Fsp3) is 1.00. The van der Waals surface area contributed by atoms with Gasteiger partial charge in [-0.3, -0.25) is 0 Å². The molecule has 0 rings (SSSR count). The van der Waals surface area contributed by atoms with Crippen LogP contribution in [0.1, 0.15) is 0 Å². The van der Waals surface area contributed by atoms with Crippen LogP contribution in [0.25, 0.3) is 0 Å². The number of aliphatic hydroxyl groups is 4. The quantitative estimate of drug-likeness (QED) is 0.258. The van der Waals surface area contributed by atoms with Gasteiger partial charge in [-0.1, -0.05) is 0 Å². The third kappa shape index (κ3) is 23.5. The molecule has 0 aliphatic carbocycles. The van der Waals surface area contributed by atoms with Crippen molar-refractivity contribution in [2.75, 3.05) is 59.6 Å². The first kappa shape index (κ1) is 18.1. The number of hydrogen-bond acceptors (Lipinski definition) is 7. The lowest BCUT2D eigenvalue weighted by Gasteiger charge is -2.04. The van der Waals surface area contributed by atoms with E-state index in [-0.39, 0.29) is 13.2 Å². The Labute approximate surface area is 95.2 Å². The van der Waals surface area contributed by atoms with Crippen molar-refractivity contribution >= 4 is 0 Å². The molecule has 0 aliphatic rings. The summed E-state index contributed by atoms with van der Waals surface area (Å²) in [6, 6.07) is 0. The van der Waals surface area contributed by atoms with Gasteiger partial charge in [-0.05, 0) is 0 Å². The largest absolute Gasteiger partial charge is 0.394 e. The van der Waals surface area contributed by atoms with E-state index in [4.69, 9.17) is 34.6 Å². The van der Waals surface area contributed by atoms with E-state index >= 15 is 0 Å². The lowest BCUT2D eigenvalue weighted by Crippen LogP contribution is -2.11. The lowest BCUT2D eigenvalue weighted by molar-refractivity contribution is 0.00230. The molecular weight excluding hydrogens is 220 g/mol. The zero-order valence-electron chi connectivity index (χ0n) is 9.38. The number of hydrogen-bond donors (Lipinski definition) is 4. The molecule has 16 heavy (non-hydrogen) atoms. The Morgan fingerprint density at radius 2 is 0.750 bits per heavy atom. The summed E-state index contributed by atoms with van der Waals surface area (Å²) in [5.41, 5.74) is 0. The molecule has 100 valence electrons. The van der Waals surface area contributed by atoms with Crippen molar-refractivity contribution in [2.45, 2.75) is 0 Å². The van der Waals surface area contributed by atoms with Gasteiger partial charge in [0, 0.05) is 0 Å². The molecule has 7 heteroatoms. The highest BCUT2D eigenvalue weighted by Crippen LogP contribution is 1.80. The first-order valence-corrected chi connectivity index (χ1v) is 5.00. The second-order valence-corrected chi connectivity index (χ2v) is 2.43. The normalized spacial score (nSPS) is 9.75. The van der Waals surface area contributed by atoms with Crippen molar-refractivity contribution < 1.29 is 34.6 Å². The summed E-state index contributed by atoms with van der Waals surface area (Å²) in [5.74, 6) is 0. The topological polar surface area (TPSA) is 109 Å². The maximum atomic E-state index is 8.36. The van der Waals surface area contributed by atoms with Crippen molar-refractivity contribution in [3.05, 3.63) is 0 Å². The van der Waals surface area contributed by atoms with E-state index in [0.29, 0.717) is 39.6 Å². The van der Waals surface area contributed by atoms with Crippen LogP contribution in [-0.2, 0) is 14.2 Å². The van der Waals surface area contributed by atoms with E-state index in [1.165, 1.54) is 0 Å². The minimum atomic E-state index is -0.750. The molecular formula is C9H22O7. The summed E-state index contributed by atoms with van der Waals surface area (Å²) in [7, 11) is 0. The van der Waals surface area contributed by atoms with Crippen LogP contribution in [0, 0.1) is 0 Å². The van der Waals surface area contributed by atoms with Crippen LogP contribution in [0.4, 0.5) is 0 Å². The molecule has 0 spiro atoms. The predicted octanol–water partition coefficient (Wildman–Crippen LogP) is -2.05. The molecule has 0 bridgehead atoms. The van der Waals surface area contributed by atoms with E-state index < -0.39 is 6.79 Å². The third-order valence-electron chi connectivity index (χ3n) is 1.22. The Hall–Kier alpha value is -0.280. The van der Waals surface area contributed by atoms with E-state index in [2.05, 4.69) is 0 Å². The number of aliphatic hydroxyl groups excluding tert-OH is 3. The summed E-state index contributed by atoms with van der Waals surface area (Å²) in [6.45, 7) is 2.01. The van der Waals surface area contributed by atoms with Gasteiger partial charge >= 0.3 is 0 Å². The minimum absolute atomic E-state index is 0.0413. The van der Waals surface area contributed by atoms with Crippen molar-refractivity contribution in [2.24, 2.45) is 0 Å². The molecule has 7 nitrogen and oxygen atoms in total. The minimum Gasteiger partial charge on any atom is -0.394 e. The first-order valence-electron chi connectivity index (χ1n) is 5.00. The summed E-state index contributed by atoms with van der Waals surface area (Å²) < 4.78 is 15.0. The average Bonchev–Trinajstić information content (AvgIpc) is 2.28. The van der Waals surface area contributed by atoms with Gasteiger partial charge in [-0.15, -0.1) is 0 Å². The van der Waals surface area contributed by atoms with Crippen LogP contribution >= 0.6 is 0 Å². The highest BCUT2D eigenvalue weighted by Gasteiger charge is 1.89. The van der Waals surface area contributed by atoms with Gasteiger partial charge in [0.1, 0.15) is 6.79 Å². The second kappa shape index (κ2) is 20.2. The molecule has 0 aliphatic heterocycles. The molecule has 0 aromatic rings.